The van der Waals surface area contributed by atoms with Crippen molar-refractivity contribution in [1.29, 1.82) is 0 Å². The smallest absolute Gasteiger partial charge is 0.408 e. The Bertz CT molecular complexity index is 307. The molecular weight excluding hydrogens is 240 g/mol. The number of hydrogen-bond donors (Lipinski definition) is 3. The zero-order chi connectivity index (χ0) is 13.8. The van der Waals surface area contributed by atoms with Crippen molar-refractivity contribution >= 4 is 12.1 Å². The highest BCUT2D eigenvalue weighted by Crippen LogP contribution is 2.08. The molecule has 18 heavy (non-hydrogen) atoms. The molecule has 104 valence electrons. The van der Waals surface area contributed by atoms with Gasteiger partial charge in [0.05, 0.1) is 19.3 Å². The van der Waals surface area contributed by atoms with Gasteiger partial charge in [-0.2, -0.15) is 0 Å². The Balaban J connectivity index is 2.57. The number of rotatable bonds is 3. The Morgan fingerprint density at radius 1 is 1.50 bits per heavy atom. The first-order chi connectivity index (χ1) is 8.29. The monoisotopic (exact) mass is 260 g/mol. The van der Waals surface area contributed by atoms with E-state index in [1.807, 2.05) is 0 Å². The van der Waals surface area contributed by atoms with Gasteiger partial charge in [-0.05, 0) is 20.8 Å². The van der Waals surface area contributed by atoms with Gasteiger partial charge in [-0.1, -0.05) is 0 Å². The number of carboxylic acid groups (broad SMARTS) is 1. The summed E-state index contributed by atoms with van der Waals surface area (Å²) in [7, 11) is 0. The number of nitrogens with one attached hydrogen (secondary N) is 2. The molecule has 0 spiro atoms. The highest BCUT2D eigenvalue weighted by atomic mass is 16.6. The van der Waals surface area contributed by atoms with Gasteiger partial charge >= 0.3 is 12.1 Å². The third-order valence-corrected chi connectivity index (χ3v) is 2.29. The van der Waals surface area contributed by atoms with Gasteiger partial charge in [-0.3, -0.25) is 0 Å². The number of morpholine rings is 1. The van der Waals surface area contributed by atoms with Gasteiger partial charge in [0.2, 0.25) is 0 Å². The van der Waals surface area contributed by atoms with Crippen LogP contribution in [0.1, 0.15) is 20.8 Å². The number of alkyl carbamates (subject to hydrolysis) is 1. The fourth-order valence-corrected chi connectivity index (χ4v) is 1.57. The van der Waals surface area contributed by atoms with Crippen LogP contribution in [-0.2, 0) is 14.3 Å². The van der Waals surface area contributed by atoms with Gasteiger partial charge in [0, 0.05) is 6.54 Å². The van der Waals surface area contributed by atoms with Gasteiger partial charge in [0.1, 0.15) is 11.6 Å². The molecule has 1 heterocycles. The summed E-state index contributed by atoms with van der Waals surface area (Å²) in [6.45, 7) is 6.48. The van der Waals surface area contributed by atoms with Gasteiger partial charge in [0.25, 0.3) is 0 Å². The number of hydrogen-bond acceptors (Lipinski definition) is 5. The number of ether oxygens (including phenoxy) is 2. The Labute approximate surface area is 106 Å². The quantitative estimate of drug-likeness (QED) is 0.658. The van der Waals surface area contributed by atoms with Crippen LogP contribution in [0.25, 0.3) is 0 Å². The van der Waals surface area contributed by atoms with Crippen LogP contribution in [0.4, 0.5) is 4.79 Å². The lowest BCUT2D eigenvalue weighted by atomic mass is 10.1. The first-order valence-corrected chi connectivity index (χ1v) is 5.83. The third kappa shape index (κ3) is 4.89. The summed E-state index contributed by atoms with van der Waals surface area (Å²) in [5.74, 6) is -1.12. The Morgan fingerprint density at radius 2 is 2.17 bits per heavy atom. The van der Waals surface area contributed by atoms with E-state index in [4.69, 9.17) is 14.6 Å². The lowest BCUT2D eigenvalue weighted by molar-refractivity contribution is -0.141. The summed E-state index contributed by atoms with van der Waals surface area (Å²) < 4.78 is 10.2. The van der Waals surface area contributed by atoms with Crippen molar-refractivity contribution in [2.45, 2.75) is 38.5 Å². The maximum absolute atomic E-state index is 11.6. The van der Waals surface area contributed by atoms with Crippen molar-refractivity contribution in [3.8, 4) is 0 Å². The van der Waals surface area contributed by atoms with E-state index >= 15 is 0 Å². The second kappa shape index (κ2) is 6.01. The predicted octanol–water partition coefficient (Wildman–Crippen LogP) is -0.0473. The van der Waals surface area contributed by atoms with E-state index in [0.717, 1.165) is 0 Å². The van der Waals surface area contributed by atoms with Crippen molar-refractivity contribution in [3.63, 3.8) is 0 Å². The molecule has 0 aromatic heterocycles. The zero-order valence-corrected chi connectivity index (χ0v) is 10.9. The summed E-state index contributed by atoms with van der Waals surface area (Å²) in [5, 5.41) is 14.4. The molecule has 1 amide bonds. The van der Waals surface area contributed by atoms with E-state index in [0.29, 0.717) is 13.2 Å². The minimum atomic E-state index is -1.12. The lowest BCUT2D eigenvalue weighted by Gasteiger charge is -2.30. The lowest BCUT2D eigenvalue weighted by Crippen LogP contribution is -2.59. The van der Waals surface area contributed by atoms with Crippen molar-refractivity contribution in [2.75, 3.05) is 19.8 Å². The molecule has 1 aliphatic heterocycles. The average Bonchev–Trinajstić information content (AvgIpc) is 2.24. The Kier molecular flexibility index (Phi) is 4.92. The van der Waals surface area contributed by atoms with Crippen molar-refractivity contribution in [1.82, 2.24) is 10.6 Å². The average molecular weight is 260 g/mol. The van der Waals surface area contributed by atoms with Crippen LogP contribution in [0.5, 0.6) is 0 Å². The fourth-order valence-electron chi connectivity index (χ4n) is 1.57. The van der Waals surface area contributed by atoms with Crippen LogP contribution in [0.2, 0.25) is 0 Å². The van der Waals surface area contributed by atoms with Crippen LogP contribution < -0.4 is 10.6 Å². The predicted molar refractivity (Wildman–Crippen MR) is 63.4 cm³/mol. The first-order valence-electron chi connectivity index (χ1n) is 5.83. The largest absolute Gasteiger partial charge is 0.480 e. The normalized spacial score (nSPS) is 22.1. The number of carbonyl (C=O) groups excluding carboxylic acids is 1. The standard InChI is InChI=1S/C11H20N2O5/c1-11(2,3)18-10(16)13-8(9(14)15)7-6-17-5-4-12-7/h7-8,12H,4-6H2,1-3H3,(H,13,16)(H,14,15). The summed E-state index contributed by atoms with van der Waals surface area (Å²) in [4.78, 5) is 22.7. The fraction of sp³-hybridized carbons (Fsp3) is 0.818. The summed E-state index contributed by atoms with van der Waals surface area (Å²) in [6, 6.07) is -1.52. The van der Waals surface area contributed by atoms with Crippen LogP contribution >= 0.6 is 0 Å². The Hall–Kier alpha value is -1.34. The molecule has 2 atom stereocenters. The molecule has 0 aliphatic carbocycles. The molecule has 1 fully saturated rings. The summed E-state index contributed by atoms with van der Waals surface area (Å²) in [6.07, 6.45) is -0.748. The molecule has 0 bridgehead atoms. The highest BCUT2D eigenvalue weighted by Gasteiger charge is 2.32. The molecule has 1 saturated heterocycles. The van der Waals surface area contributed by atoms with E-state index < -0.39 is 29.7 Å². The maximum Gasteiger partial charge on any atom is 0.408 e. The Morgan fingerprint density at radius 3 is 2.61 bits per heavy atom. The van der Waals surface area contributed by atoms with Gasteiger partial charge in [-0.25, -0.2) is 9.59 Å². The van der Waals surface area contributed by atoms with Crippen LogP contribution in [-0.4, -0.2) is 54.6 Å². The van der Waals surface area contributed by atoms with Crippen LogP contribution in [0.15, 0.2) is 0 Å². The van der Waals surface area contributed by atoms with Crippen molar-refractivity contribution in [3.05, 3.63) is 0 Å². The van der Waals surface area contributed by atoms with E-state index in [1.165, 1.54) is 0 Å². The molecule has 0 aromatic carbocycles. The minimum absolute atomic E-state index is 0.243. The summed E-state index contributed by atoms with van der Waals surface area (Å²) in [5.41, 5.74) is -0.663. The summed E-state index contributed by atoms with van der Waals surface area (Å²) >= 11 is 0. The molecule has 1 aliphatic rings. The number of aliphatic carboxylic acids is 1. The SMILES string of the molecule is CC(C)(C)OC(=O)NC(C(=O)O)C1COCCN1. The number of amides is 1. The maximum atomic E-state index is 11.6. The molecule has 0 radical (unpaired) electrons. The van der Waals surface area contributed by atoms with E-state index in [9.17, 15) is 9.59 Å². The highest BCUT2D eigenvalue weighted by molar-refractivity contribution is 5.80. The topological polar surface area (TPSA) is 96.9 Å². The van der Waals surface area contributed by atoms with Gasteiger partial charge in [-0.15, -0.1) is 0 Å². The number of carbonyl (C=O) groups is 2. The molecule has 7 heteroatoms. The second-order valence-electron chi connectivity index (χ2n) is 5.10. The zero-order valence-electron chi connectivity index (χ0n) is 10.9. The second-order valence-corrected chi connectivity index (χ2v) is 5.10. The number of carboxylic acids is 1. The van der Waals surface area contributed by atoms with Crippen molar-refractivity contribution in [2.24, 2.45) is 0 Å². The molecule has 1 rings (SSSR count). The minimum Gasteiger partial charge on any atom is -0.480 e. The molecule has 7 nitrogen and oxygen atoms in total. The van der Waals surface area contributed by atoms with Crippen molar-refractivity contribution < 1.29 is 24.2 Å². The van der Waals surface area contributed by atoms with E-state index in [2.05, 4.69) is 10.6 Å². The molecule has 3 N–H and O–H groups in total. The van der Waals surface area contributed by atoms with E-state index in [1.54, 1.807) is 20.8 Å². The van der Waals surface area contributed by atoms with Gasteiger partial charge < -0.3 is 25.2 Å². The molecule has 2 unspecified atom stereocenters. The van der Waals surface area contributed by atoms with E-state index in [-0.39, 0.29) is 6.61 Å². The van der Waals surface area contributed by atoms with Crippen LogP contribution in [0.3, 0.4) is 0 Å². The molecule has 0 aromatic rings. The van der Waals surface area contributed by atoms with Crippen LogP contribution in [0, 0.1) is 0 Å². The molecular formula is C11H20N2O5. The first kappa shape index (κ1) is 14.7. The molecule has 0 saturated carbocycles. The third-order valence-electron chi connectivity index (χ3n) is 2.29. The van der Waals surface area contributed by atoms with Gasteiger partial charge in [0.15, 0.2) is 0 Å².